The third kappa shape index (κ3) is 5.73. The molecule has 11 nitrogen and oxygen atoms in total. The van der Waals surface area contributed by atoms with Crippen LogP contribution in [0.15, 0.2) is 63.8 Å². The molecule has 35 heavy (non-hydrogen) atoms. The summed E-state index contributed by atoms with van der Waals surface area (Å²) in [7, 11) is -6.56. The van der Waals surface area contributed by atoms with E-state index >= 15 is 0 Å². The van der Waals surface area contributed by atoms with Crippen molar-refractivity contribution in [2.75, 3.05) is 42.9 Å². The molecule has 0 atom stereocenters. The molecular formula is C21H22N4O7S3. The Kier molecular flexibility index (Phi) is 7.25. The normalized spacial score (nSPS) is 14.4. The van der Waals surface area contributed by atoms with Gasteiger partial charge in [-0.25, -0.2) is 21.8 Å². The van der Waals surface area contributed by atoms with Crippen molar-refractivity contribution < 1.29 is 31.1 Å². The van der Waals surface area contributed by atoms with Crippen molar-refractivity contribution in [3.63, 3.8) is 0 Å². The van der Waals surface area contributed by atoms with Crippen LogP contribution in [0.3, 0.4) is 0 Å². The Morgan fingerprint density at radius 1 is 1.00 bits per heavy atom. The molecule has 1 aliphatic rings. The molecule has 4 rings (SSSR count). The van der Waals surface area contributed by atoms with Crippen LogP contribution in [0.1, 0.15) is 10.4 Å². The van der Waals surface area contributed by atoms with Gasteiger partial charge in [0.2, 0.25) is 0 Å². The number of methoxy groups -OCH3 is 1. The van der Waals surface area contributed by atoms with Crippen LogP contribution in [0, 0.1) is 0 Å². The van der Waals surface area contributed by atoms with Crippen molar-refractivity contribution in [1.29, 1.82) is 0 Å². The number of sulfonamides is 2. The summed E-state index contributed by atoms with van der Waals surface area (Å²) in [6, 6.07) is 9.21. The molecule has 2 N–H and O–H groups in total. The Balaban J connectivity index is 1.54. The fourth-order valence-electron chi connectivity index (χ4n) is 3.32. The minimum absolute atomic E-state index is 0.0570. The van der Waals surface area contributed by atoms with Gasteiger partial charge in [0.25, 0.3) is 26.0 Å². The first kappa shape index (κ1) is 24.9. The second-order valence-electron chi connectivity index (χ2n) is 7.34. The quantitative estimate of drug-likeness (QED) is 0.444. The summed E-state index contributed by atoms with van der Waals surface area (Å²) < 4.78 is 66.2. The second kappa shape index (κ2) is 10.2. The molecule has 0 aliphatic carbocycles. The molecule has 2 aromatic carbocycles. The van der Waals surface area contributed by atoms with Gasteiger partial charge in [0.05, 0.1) is 35.7 Å². The highest BCUT2D eigenvalue weighted by Crippen LogP contribution is 2.26. The summed E-state index contributed by atoms with van der Waals surface area (Å²) >= 11 is 1.13. The SMILES string of the molecule is COc1ccc(S(=O)(=O)Nc2ccc(S(=O)(=O)Nc3nccs3)cc2)cc1C(=O)N1CCOCC1. The van der Waals surface area contributed by atoms with Crippen LogP contribution in [0.4, 0.5) is 10.8 Å². The first-order valence-electron chi connectivity index (χ1n) is 10.3. The highest BCUT2D eigenvalue weighted by atomic mass is 32.2. The van der Waals surface area contributed by atoms with E-state index in [0.29, 0.717) is 26.3 Å². The topological polar surface area (TPSA) is 144 Å². The fraction of sp³-hybridized carbons (Fsp3) is 0.238. The summed E-state index contributed by atoms with van der Waals surface area (Å²) in [5, 5.41) is 1.85. The van der Waals surface area contributed by atoms with E-state index in [-0.39, 0.29) is 37.8 Å². The van der Waals surface area contributed by atoms with E-state index < -0.39 is 20.0 Å². The summed E-state index contributed by atoms with van der Waals surface area (Å²) in [4.78, 5) is 18.2. The van der Waals surface area contributed by atoms with Crippen LogP contribution in [0.2, 0.25) is 0 Å². The fourth-order valence-corrected chi connectivity index (χ4v) is 6.20. The van der Waals surface area contributed by atoms with Crippen molar-refractivity contribution in [2.24, 2.45) is 0 Å². The number of hydrogen-bond acceptors (Lipinski definition) is 9. The Hall–Kier alpha value is -3.20. The number of nitrogens with zero attached hydrogens (tertiary/aromatic N) is 2. The number of ether oxygens (including phenoxy) is 2. The Morgan fingerprint density at radius 3 is 2.29 bits per heavy atom. The number of rotatable bonds is 8. The minimum Gasteiger partial charge on any atom is -0.496 e. The lowest BCUT2D eigenvalue weighted by atomic mass is 10.1. The van der Waals surface area contributed by atoms with E-state index in [1.807, 2.05) is 0 Å². The van der Waals surface area contributed by atoms with Crippen molar-refractivity contribution in [1.82, 2.24) is 9.88 Å². The lowest BCUT2D eigenvalue weighted by Gasteiger charge is -2.27. The number of amides is 1. The lowest BCUT2D eigenvalue weighted by Crippen LogP contribution is -2.40. The van der Waals surface area contributed by atoms with Crippen molar-refractivity contribution >= 4 is 48.1 Å². The van der Waals surface area contributed by atoms with Crippen molar-refractivity contribution in [2.45, 2.75) is 9.79 Å². The lowest BCUT2D eigenvalue weighted by molar-refractivity contribution is 0.0300. The first-order valence-corrected chi connectivity index (χ1v) is 14.1. The summed E-state index contributed by atoms with van der Waals surface area (Å²) in [6.07, 6.45) is 1.47. The van der Waals surface area contributed by atoms with E-state index in [0.717, 1.165) is 11.3 Å². The van der Waals surface area contributed by atoms with Gasteiger partial charge in [-0.05, 0) is 42.5 Å². The number of morpholine rings is 1. The molecule has 1 aliphatic heterocycles. The van der Waals surface area contributed by atoms with E-state index in [2.05, 4.69) is 14.4 Å². The highest BCUT2D eigenvalue weighted by Gasteiger charge is 2.25. The van der Waals surface area contributed by atoms with Gasteiger partial charge in [-0.3, -0.25) is 14.2 Å². The average Bonchev–Trinajstić information content (AvgIpc) is 3.36. The molecule has 1 saturated heterocycles. The zero-order chi connectivity index (χ0) is 25.1. The maximum atomic E-state index is 13.0. The van der Waals surface area contributed by atoms with E-state index in [1.165, 1.54) is 55.8 Å². The average molecular weight is 539 g/mol. The smallest absolute Gasteiger partial charge is 0.263 e. The van der Waals surface area contributed by atoms with Gasteiger partial charge in [-0.1, -0.05) is 0 Å². The van der Waals surface area contributed by atoms with Gasteiger partial charge in [0, 0.05) is 30.4 Å². The van der Waals surface area contributed by atoms with Gasteiger partial charge in [0.1, 0.15) is 5.75 Å². The van der Waals surface area contributed by atoms with E-state index in [9.17, 15) is 21.6 Å². The Morgan fingerprint density at radius 2 is 1.66 bits per heavy atom. The standard InChI is InChI=1S/C21H22N4O7S3/c1-31-19-7-6-17(14-18(19)20(26)25-9-11-32-12-10-25)35(29,30)23-15-2-4-16(5-3-15)34(27,28)24-21-22-8-13-33-21/h2-8,13-14,23H,9-12H2,1H3,(H,22,24). The predicted molar refractivity (Wildman–Crippen MR) is 130 cm³/mol. The molecule has 2 heterocycles. The van der Waals surface area contributed by atoms with Crippen LogP contribution in [-0.4, -0.2) is 66.0 Å². The number of carbonyl (C=O) groups is 1. The molecule has 186 valence electrons. The van der Waals surface area contributed by atoms with Gasteiger partial charge >= 0.3 is 0 Å². The zero-order valence-electron chi connectivity index (χ0n) is 18.5. The number of benzene rings is 2. The summed E-state index contributed by atoms with van der Waals surface area (Å²) in [5.74, 6) is -0.104. The molecule has 0 radical (unpaired) electrons. The maximum Gasteiger partial charge on any atom is 0.263 e. The van der Waals surface area contributed by atoms with E-state index in [4.69, 9.17) is 9.47 Å². The first-order chi connectivity index (χ1) is 16.7. The summed E-state index contributed by atoms with van der Waals surface area (Å²) in [5.41, 5.74) is 0.266. The van der Waals surface area contributed by atoms with Gasteiger partial charge < -0.3 is 14.4 Å². The number of nitrogens with one attached hydrogen (secondary N) is 2. The third-order valence-corrected chi connectivity index (χ3v) is 8.63. The zero-order valence-corrected chi connectivity index (χ0v) is 21.0. The van der Waals surface area contributed by atoms with Gasteiger partial charge in [0.15, 0.2) is 5.13 Å². The molecule has 14 heteroatoms. The summed E-state index contributed by atoms with van der Waals surface area (Å²) in [6.45, 7) is 1.59. The Labute approximate surface area is 206 Å². The van der Waals surface area contributed by atoms with Gasteiger partial charge in [-0.15, -0.1) is 11.3 Å². The van der Waals surface area contributed by atoms with Crippen molar-refractivity contribution in [3.8, 4) is 5.75 Å². The van der Waals surface area contributed by atoms with Crippen LogP contribution in [0.25, 0.3) is 0 Å². The van der Waals surface area contributed by atoms with Crippen LogP contribution in [0.5, 0.6) is 5.75 Å². The molecule has 1 aromatic heterocycles. The van der Waals surface area contributed by atoms with Crippen LogP contribution < -0.4 is 14.2 Å². The second-order valence-corrected chi connectivity index (χ2v) is 11.6. The Bertz CT molecular complexity index is 1400. The molecule has 1 amide bonds. The molecule has 0 spiro atoms. The monoisotopic (exact) mass is 538 g/mol. The number of carbonyl (C=O) groups excluding carboxylic acids is 1. The van der Waals surface area contributed by atoms with Gasteiger partial charge in [-0.2, -0.15) is 0 Å². The minimum atomic E-state index is -4.09. The van der Waals surface area contributed by atoms with E-state index in [1.54, 1.807) is 10.3 Å². The molecule has 0 saturated carbocycles. The molecular weight excluding hydrogens is 516 g/mol. The third-order valence-electron chi connectivity index (χ3n) is 5.08. The molecule has 3 aromatic rings. The largest absolute Gasteiger partial charge is 0.496 e. The van der Waals surface area contributed by atoms with Crippen LogP contribution in [-0.2, 0) is 24.8 Å². The highest BCUT2D eigenvalue weighted by molar-refractivity contribution is 7.93. The van der Waals surface area contributed by atoms with Crippen molar-refractivity contribution in [3.05, 3.63) is 59.6 Å². The molecule has 1 fully saturated rings. The predicted octanol–water partition coefficient (Wildman–Crippen LogP) is 2.23. The molecule has 0 unspecified atom stereocenters. The maximum absolute atomic E-state index is 13.0. The van der Waals surface area contributed by atoms with Crippen LogP contribution >= 0.6 is 11.3 Å². The number of hydrogen-bond donors (Lipinski definition) is 2. The number of thiazole rings is 1. The molecule has 0 bridgehead atoms. The number of aromatic nitrogens is 1. The number of anilines is 2.